The molecule has 3 heterocycles. The van der Waals surface area contributed by atoms with Crippen LogP contribution in [0.4, 0.5) is 0 Å². The van der Waals surface area contributed by atoms with Gasteiger partial charge in [0, 0.05) is 20.4 Å². The van der Waals surface area contributed by atoms with Crippen LogP contribution in [-0.2, 0) is 6.42 Å². The van der Waals surface area contributed by atoms with Crippen LogP contribution in [0.25, 0.3) is 0 Å². The van der Waals surface area contributed by atoms with Crippen molar-refractivity contribution < 1.29 is 1.43 Å². The molecule has 2 aliphatic heterocycles. The molecule has 2 fully saturated rings. The predicted molar refractivity (Wildman–Crippen MR) is 84.9 cm³/mol. The van der Waals surface area contributed by atoms with E-state index in [9.17, 15) is 0 Å². The summed E-state index contributed by atoms with van der Waals surface area (Å²) in [6.45, 7) is 6.41. The van der Waals surface area contributed by atoms with Crippen LogP contribution in [0.5, 0.6) is 0 Å². The van der Waals surface area contributed by atoms with Crippen molar-refractivity contribution in [2.75, 3.05) is 39.8 Å². The molecule has 0 radical (unpaired) electrons. The first kappa shape index (κ1) is 14.0. The molecule has 0 amide bonds. The summed E-state index contributed by atoms with van der Waals surface area (Å²) in [6.07, 6.45) is 10.6. The normalized spacial score (nSPS) is 24.1. The Morgan fingerprint density at radius 2 is 1.65 bits per heavy atom. The van der Waals surface area contributed by atoms with Crippen LogP contribution in [0.3, 0.4) is 0 Å². The fourth-order valence-electron chi connectivity index (χ4n) is 3.68. The van der Waals surface area contributed by atoms with Gasteiger partial charge in [-0.3, -0.25) is 4.98 Å². The molecule has 0 unspecified atom stereocenters. The summed E-state index contributed by atoms with van der Waals surface area (Å²) in [6, 6.07) is 4.28. The maximum Gasteiger partial charge on any atom is 0.0270 e. The van der Waals surface area contributed by atoms with Crippen LogP contribution in [0.1, 0.15) is 32.7 Å². The van der Waals surface area contributed by atoms with E-state index in [1.807, 2.05) is 12.4 Å². The quantitative estimate of drug-likeness (QED) is 0.845. The summed E-state index contributed by atoms with van der Waals surface area (Å²) in [7, 11) is 2.26. The highest BCUT2D eigenvalue weighted by atomic mass is 15.1. The van der Waals surface area contributed by atoms with Gasteiger partial charge in [-0.25, -0.2) is 0 Å². The molecule has 3 nitrogen and oxygen atoms in total. The average molecular weight is 275 g/mol. The van der Waals surface area contributed by atoms with Crippen LogP contribution in [-0.4, -0.2) is 54.6 Å². The van der Waals surface area contributed by atoms with E-state index in [4.69, 9.17) is 0 Å². The van der Waals surface area contributed by atoms with Gasteiger partial charge in [0.2, 0.25) is 0 Å². The molecule has 1 aromatic rings. The lowest BCUT2D eigenvalue weighted by atomic mass is 9.71. The maximum absolute atomic E-state index is 4.09. The molecule has 1 spiro atoms. The highest BCUT2D eigenvalue weighted by Crippen LogP contribution is 2.40. The van der Waals surface area contributed by atoms with Crippen molar-refractivity contribution in [3.05, 3.63) is 30.1 Å². The van der Waals surface area contributed by atoms with Gasteiger partial charge in [-0.2, -0.15) is 0 Å². The van der Waals surface area contributed by atoms with Gasteiger partial charge in [0.25, 0.3) is 0 Å². The van der Waals surface area contributed by atoms with Gasteiger partial charge in [0.05, 0.1) is 0 Å². The van der Waals surface area contributed by atoms with Gasteiger partial charge in [0.15, 0.2) is 0 Å². The Bertz CT molecular complexity index is 405. The molecule has 1 aromatic heterocycles. The summed E-state index contributed by atoms with van der Waals surface area (Å²) in [5, 5.41) is 0. The van der Waals surface area contributed by atoms with Crippen LogP contribution in [0.15, 0.2) is 24.5 Å². The Morgan fingerprint density at radius 3 is 2.30 bits per heavy atom. The molecule has 20 heavy (non-hydrogen) atoms. The number of nitrogens with zero attached hydrogens (tertiary/aromatic N) is 3. The topological polar surface area (TPSA) is 19.4 Å². The zero-order chi connectivity index (χ0) is 13.8. The van der Waals surface area contributed by atoms with Crippen molar-refractivity contribution in [3.8, 4) is 0 Å². The third-order valence-electron chi connectivity index (χ3n) is 5.43. The van der Waals surface area contributed by atoms with E-state index in [2.05, 4.69) is 34.0 Å². The molecular weight excluding hydrogens is 246 g/mol. The number of hydrogen-bond donors (Lipinski definition) is 0. The number of rotatable bonds is 3. The molecule has 3 rings (SSSR count). The smallest absolute Gasteiger partial charge is 0.0270 e. The molecule has 0 bridgehead atoms. The monoisotopic (exact) mass is 275 g/mol. The molecule has 0 aromatic carbocycles. The van der Waals surface area contributed by atoms with E-state index in [0.717, 1.165) is 6.42 Å². The molecule has 2 saturated heterocycles. The van der Waals surface area contributed by atoms with E-state index >= 15 is 0 Å². The van der Waals surface area contributed by atoms with Crippen LogP contribution < -0.4 is 0 Å². The zero-order valence-corrected chi connectivity index (χ0v) is 12.7. The third-order valence-corrected chi connectivity index (χ3v) is 5.43. The molecule has 2 aliphatic rings. The average Bonchev–Trinajstić information content (AvgIpc) is 2.51. The van der Waals surface area contributed by atoms with E-state index < -0.39 is 0 Å². The van der Waals surface area contributed by atoms with E-state index in [1.54, 1.807) is 0 Å². The molecular formula is C17H29N3. The molecule has 0 N–H and O–H groups in total. The minimum absolute atomic E-state index is 0. The van der Waals surface area contributed by atoms with Gasteiger partial charge in [-0.15, -0.1) is 0 Å². The highest BCUT2D eigenvalue weighted by Gasteiger charge is 2.36. The standard InChI is InChI=1S/C17H27N3.H2/c1-19-12-5-17(6-13-19)7-14-20(15-8-17)11-4-16-2-9-18-10-3-16;/h2-3,9-10H,4-8,11-15H2,1H3;1H. The largest absolute Gasteiger partial charge is 0.306 e. The SMILES string of the molecule is CN1CCC2(CC1)CCN(CCc1ccncc1)CC2.[HH]. The maximum atomic E-state index is 4.09. The van der Waals surface area contributed by atoms with E-state index in [0.29, 0.717) is 5.41 Å². The van der Waals surface area contributed by atoms with Crippen molar-refractivity contribution in [3.63, 3.8) is 0 Å². The van der Waals surface area contributed by atoms with Crippen molar-refractivity contribution in [2.24, 2.45) is 5.41 Å². The van der Waals surface area contributed by atoms with Crippen molar-refractivity contribution in [2.45, 2.75) is 32.1 Å². The van der Waals surface area contributed by atoms with Crippen molar-refractivity contribution in [1.29, 1.82) is 0 Å². The third kappa shape index (κ3) is 3.39. The lowest BCUT2D eigenvalue weighted by molar-refractivity contribution is 0.0433. The van der Waals surface area contributed by atoms with Gasteiger partial charge in [0.1, 0.15) is 0 Å². The second-order valence-corrected chi connectivity index (χ2v) is 6.75. The summed E-state index contributed by atoms with van der Waals surface area (Å²) >= 11 is 0. The first-order chi connectivity index (χ1) is 9.76. The van der Waals surface area contributed by atoms with E-state index in [1.165, 1.54) is 64.0 Å². The van der Waals surface area contributed by atoms with Gasteiger partial charge < -0.3 is 9.80 Å². The number of aromatic nitrogens is 1. The predicted octanol–water partition coefficient (Wildman–Crippen LogP) is 2.68. The second-order valence-electron chi connectivity index (χ2n) is 6.75. The molecule has 0 atom stereocenters. The molecule has 112 valence electrons. The first-order valence-corrected chi connectivity index (χ1v) is 8.06. The van der Waals surface area contributed by atoms with Crippen LogP contribution in [0.2, 0.25) is 0 Å². The lowest BCUT2D eigenvalue weighted by Gasteiger charge is -2.46. The zero-order valence-electron chi connectivity index (χ0n) is 12.7. The Labute approximate surface area is 124 Å². The van der Waals surface area contributed by atoms with Gasteiger partial charge in [-0.05, 0) is 88.4 Å². The van der Waals surface area contributed by atoms with Gasteiger partial charge >= 0.3 is 0 Å². The highest BCUT2D eigenvalue weighted by molar-refractivity contribution is 5.10. The summed E-state index contributed by atoms with van der Waals surface area (Å²) in [5.74, 6) is 0. The Hall–Kier alpha value is -0.930. The minimum Gasteiger partial charge on any atom is -0.306 e. The van der Waals surface area contributed by atoms with Crippen molar-refractivity contribution in [1.82, 2.24) is 14.8 Å². The Balaban J connectivity index is 0.00000161. The summed E-state index contributed by atoms with van der Waals surface area (Å²) in [5.41, 5.74) is 2.10. The van der Waals surface area contributed by atoms with E-state index in [-0.39, 0.29) is 1.43 Å². The molecule has 0 saturated carbocycles. The second kappa shape index (κ2) is 6.23. The van der Waals surface area contributed by atoms with Gasteiger partial charge in [-0.1, -0.05) is 0 Å². The lowest BCUT2D eigenvalue weighted by Crippen LogP contribution is -2.46. The fourth-order valence-corrected chi connectivity index (χ4v) is 3.68. The molecule has 0 aliphatic carbocycles. The van der Waals surface area contributed by atoms with Crippen molar-refractivity contribution >= 4 is 0 Å². The summed E-state index contributed by atoms with van der Waals surface area (Å²) < 4.78 is 0. The number of hydrogen-bond acceptors (Lipinski definition) is 3. The first-order valence-electron chi connectivity index (χ1n) is 8.06. The Morgan fingerprint density at radius 1 is 1.05 bits per heavy atom. The van der Waals surface area contributed by atoms with Crippen LogP contribution >= 0.6 is 0 Å². The minimum atomic E-state index is 0. The number of pyridine rings is 1. The van der Waals surface area contributed by atoms with Crippen LogP contribution in [0, 0.1) is 5.41 Å². The summed E-state index contributed by atoms with van der Waals surface area (Å²) in [4.78, 5) is 9.23. The Kier molecular flexibility index (Phi) is 4.37. The molecule has 3 heteroatoms. The number of piperidine rings is 2. The number of likely N-dealkylation sites (tertiary alicyclic amines) is 2. The fraction of sp³-hybridized carbons (Fsp3) is 0.706.